The summed E-state index contributed by atoms with van der Waals surface area (Å²) < 4.78 is 4.02. The minimum Gasteiger partial charge on any atom is -0.344 e. The molecule has 4 rings (SSSR count). The van der Waals surface area contributed by atoms with Crippen LogP contribution in [0, 0.1) is 0 Å². The molecule has 0 radical (unpaired) electrons. The maximum atomic E-state index is 13.0. The number of carbonyl (C=O) groups is 1. The standard InChI is InChI=1S/C22H19ClN4O3/c1-25-12-15(14-8-4-3-5-9-14)19-20(25)21(29)26(2)22(30)27(19)13-18(28)24-17-11-7-6-10-16(17)23/h3-12H,13H2,1-2H3,(H,24,28). The largest absolute Gasteiger partial charge is 0.344 e. The average Bonchev–Trinajstić information content (AvgIpc) is 3.09. The van der Waals surface area contributed by atoms with Crippen molar-refractivity contribution < 1.29 is 4.79 Å². The molecule has 0 saturated carbocycles. The van der Waals surface area contributed by atoms with Gasteiger partial charge in [0.05, 0.1) is 16.2 Å². The summed E-state index contributed by atoms with van der Waals surface area (Å²) in [5, 5.41) is 3.12. The van der Waals surface area contributed by atoms with Crippen molar-refractivity contribution in [1.82, 2.24) is 13.7 Å². The van der Waals surface area contributed by atoms with Crippen LogP contribution < -0.4 is 16.6 Å². The molecule has 1 N–H and O–H groups in total. The van der Waals surface area contributed by atoms with Gasteiger partial charge in [-0.3, -0.25) is 18.7 Å². The Morgan fingerprint density at radius 2 is 1.63 bits per heavy atom. The van der Waals surface area contributed by atoms with Crippen molar-refractivity contribution in [2.45, 2.75) is 6.54 Å². The van der Waals surface area contributed by atoms with Crippen LogP contribution in [0.4, 0.5) is 5.69 Å². The molecule has 0 aliphatic heterocycles. The second-order valence-electron chi connectivity index (χ2n) is 6.98. The number of amides is 1. The number of fused-ring (bicyclic) bond motifs is 1. The molecule has 4 aromatic rings. The summed E-state index contributed by atoms with van der Waals surface area (Å²) in [5.74, 6) is -0.423. The van der Waals surface area contributed by atoms with Gasteiger partial charge in [-0.2, -0.15) is 0 Å². The van der Waals surface area contributed by atoms with Gasteiger partial charge in [0.25, 0.3) is 5.56 Å². The molecule has 8 heteroatoms. The molecular formula is C22H19ClN4O3. The molecule has 1 amide bonds. The van der Waals surface area contributed by atoms with Crippen molar-refractivity contribution in [1.29, 1.82) is 0 Å². The first kappa shape index (κ1) is 19.7. The molecule has 0 fully saturated rings. The predicted molar refractivity (Wildman–Crippen MR) is 118 cm³/mol. The number of aromatic nitrogens is 3. The van der Waals surface area contributed by atoms with Crippen LogP contribution in [0.2, 0.25) is 5.02 Å². The van der Waals surface area contributed by atoms with Crippen molar-refractivity contribution in [3.8, 4) is 11.1 Å². The Kier molecular flexibility index (Phi) is 5.05. The number of nitrogens with zero attached hydrogens (tertiary/aromatic N) is 3. The van der Waals surface area contributed by atoms with Gasteiger partial charge in [-0.15, -0.1) is 0 Å². The SMILES string of the molecule is Cn1c(=O)c2c(c(-c3ccccc3)cn2C)n(CC(=O)Nc2ccccc2Cl)c1=O. The van der Waals surface area contributed by atoms with Crippen molar-refractivity contribution in [3.63, 3.8) is 0 Å². The highest BCUT2D eigenvalue weighted by atomic mass is 35.5. The molecule has 2 heterocycles. The molecule has 7 nitrogen and oxygen atoms in total. The van der Waals surface area contributed by atoms with Crippen LogP contribution in [0.25, 0.3) is 22.2 Å². The van der Waals surface area contributed by atoms with Gasteiger partial charge in [-0.05, 0) is 17.7 Å². The third kappa shape index (κ3) is 3.33. The maximum Gasteiger partial charge on any atom is 0.331 e. The summed E-state index contributed by atoms with van der Waals surface area (Å²) >= 11 is 6.12. The van der Waals surface area contributed by atoms with Gasteiger partial charge in [-0.1, -0.05) is 54.1 Å². The molecular weight excluding hydrogens is 404 g/mol. The molecule has 0 saturated heterocycles. The Morgan fingerprint density at radius 1 is 0.967 bits per heavy atom. The number of anilines is 1. The number of para-hydroxylation sites is 1. The molecule has 0 aliphatic rings. The van der Waals surface area contributed by atoms with Crippen LogP contribution in [0.15, 0.2) is 70.4 Å². The van der Waals surface area contributed by atoms with E-state index in [1.807, 2.05) is 30.3 Å². The molecule has 0 atom stereocenters. The number of carbonyl (C=O) groups excluding carboxylic acids is 1. The smallest absolute Gasteiger partial charge is 0.331 e. The molecule has 0 unspecified atom stereocenters. The molecule has 0 bridgehead atoms. The number of hydrogen-bond donors (Lipinski definition) is 1. The van der Waals surface area contributed by atoms with Gasteiger partial charge in [-0.25, -0.2) is 4.79 Å². The van der Waals surface area contributed by atoms with Crippen LogP contribution in [-0.4, -0.2) is 19.6 Å². The fourth-order valence-corrected chi connectivity index (χ4v) is 3.72. The molecule has 0 aliphatic carbocycles. The summed E-state index contributed by atoms with van der Waals surface area (Å²) in [4.78, 5) is 38.5. The summed E-state index contributed by atoms with van der Waals surface area (Å²) in [5.41, 5.74) is 1.79. The quantitative estimate of drug-likeness (QED) is 0.549. The van der Waals surface area contributed by atoms with E-state index in [0.29, 0.717) is 27.3 Å². The minimum atomic E-state index is -0.565. The highest BCUT2D eigenvalue weighted by Crippen LogP contribution is 2.28. The minimum absolute atomic E-state index is 0.265. The van der Waals surface area contributed by atoms with E-state index in [1.54, 1.807) is 42.1 Å². The lowest BCUT2D eigenvalue weighted by molar-refractivity contribution is -0.116. The Bertz CT molecular complexity index is 1380. The molecule has 0 spiro atoms. The zero-order valence-corrected chi connectivity index (χ0v) is 17.2. The van der Waals surface area contributed by atoms with E-state index in [-0.39, 0.29) is 6.54 Å². The van der Waals surface area contributed by atoms with Crippen molar-refractivity contribution in [2.75, 3.05) is 5.32 Å². The Morgan fingerprint density at radius 3 is 2.33 bits per heavy atom. The summed E-state index contributed by atoms with van der Waals surface area (Å²) in [6, 6.07) is 16.3. The van der Waals surface area contributed by atoms with E-state index in [9.17, 15) is 14.4 Å². The van der Waals surface area contributed by atoms with Gasteiger partial charge in [0, 0.05) is 25.9 Å². The normalized spacial score (nSPS) is 11.0. The fraction of sp³-hybridized carbons (Fsp3) is 0.136. The van der Waals surface area contributed by atoms with E-state index in [1.165, 1.54) is 11.6 Å². The zero-order valence-electron chi connectivity index (χ0n) is 16.4. The Balaban J connectivity index is 1.89. The predicted octanol–water partition coefficient (Wildman–Crippen LogP) is 3.00. The van der Waals surface area contributed by atoms with Gasteiger partial charge in [0.2, 0.25) is 5.91 Å². The highest BCUT2D eigenvalue weighted by Gasteiger charge is 2.21. The van der Waals surface area contributed by atoms with Gasteiger partial charge >= 0.3 is 5.69 Å². The Labute approximate surface area is 176 Å². The van der Waals surface area contributed by atoms with Crippen molar-refractivity contribution in [2.24, 2.45) is 14.1 Å². The summed E-state index contributed by atoms with van der Waals surface area (Å²) in [7, 11) is 3.15. The molecule has 152 valence electrons. The van der Waals surface area contributed by atoms with E-state index in [0.717, 1.165) is 10.1 Å². The first-order valence-corrected chi connectivity index (χ1v) is 9.65. The van der Waals surface area contributed by atoms with Crippen molar-refractivity contribution in [3.05, 3.63) is 86.7 Å². The van der Waals surface area contributed by atoms with Crippen LogP contribution >= 0.6 is 11.6 Å². The summed E-state index contributed by atoms with van der Waals surface area (Å²) in [6.45, 7) is -0.265. The lowest BCUT2D eigenvalue weighted by Gasteiger charge is -2.13. The second kappa shape index (κ2) is 7.68. The fourth-order valence-electron chi connectivity index (χ4n) is 3.53. The average molecular weight is 423 g/mol. The summed E-state index contributed by atoms with van der Waals surface area (Å²) in [6.07, 6.45) is 1.79. The second-order valence-corrected chi connectivity index (χ2v) is 7.39. The Hall–Kier alpha value is -3.58. The third-order valence-corrected chi connectivity index (χ3v) is 5.31. The first-order valence-electron chi connectivity index (χ1n) is 9.27. The van der Waals surface area contributed by atoms with Gasteiger partial charge < -0.3 is 9.88 Å². The number of halogens is 1. The van der Waals surface area contributed by atoms with Crippen LogP contribution in [0.5, 0.6) is 0 Å². The topological polar surface area (TPSA) is 78.0 Å². The van der Waals surface area contributed by atoms with E-state index >= 15 is 0 Å². The number of hydrogen-bond acceptors (Lipinski definition) is 3. The lowest BCUT2D eigenvalue weighted by Crippen LogP contribution is -2.40. The number of benzene rings is 2. The first-order chi connectivity index (χ1) is 14.4. The monoisotopic (exact) mass is 422 g/mol. The highest BCUT2D eigenvalue weighted by molar-refractivity contribution is 6.33. The number of rotatable bonds is 4. The van der Waals surface area contributed by atoms with Crippen LogP contribution in [0.3, 0.4) is 0 Å². The number of aryl methyl sites for hydroxylation is 1. The molecule has 2 aromatic heterocycles. The third-order valence-electron chi connectivity index (χ3n) is 4.98. The maximum absolute atomic E-state index is 13.0. The van der Waals surface area contributed by atoms with E-state index in [4.69, 9.17) is 11.6 Å². The van der Waals surface area contributed by atoms with Crippen LogP contribution in [-0.2, 0) is 25.4 Å². The van der Waals surface area contributed by atoms with Crippen molar-refractivity contribution >= 4 is 34.2 Å². The molecule has 2 aromatic carbocycles. The zero-order chi connectivity index (χ0) is 21.4. The van der Waals surface area contributed by atoms with Crippen LogP contribution in [0.1, 0.15) is 0 Å². The lowest BCUT2D eigenvalue weighted by atomic mass is 10.1. The van der Waals surface area contributed by atoms with E-state index < -0.39 is 17.2 Å². The van der Waals surface area contributed by atoms with Gasteiger partial charge in [0.1, 0.15) is 12.1 Å². The molecule has 30 heavy (non-hydrogen) atoms. The number of nitrogens with one attached hydrogen (secondary N) is 1. The van der Waals surface area contributed by atoms with E-state index in [2.05, 4.69) is 5.32 Å². The van der Waals surface area contributed by atoms with Gasteiger partial charge in [0.15, 0.2) is 0 Å².